The second-order valence-corrected chi connectivity index (χ2v) is 17.0. The molecule has 0 aromatic rings. The second-order valence-electron chi connectivity index (χ2n) is 17.0. The summed E-state index contributed by atoms with van der Waals surface area (Å²) in [5.74, 6) is -0.474. The summed E-state index contributed by atoms with van der Waals surface area (Å²) in [7, 11) is 0. The lowest BCUT2D eigenvalue weighted by molar-refractivity contribution is -0.163. The fourth-order valence-corrected chi connectivity index (χ4v) is 6.73. The molecule has 66 heavy (non-hydrogen) atoms. The standard InChI is InChI=1S/C61H98O5/c1-4-7-10-13-16-19-22-25-28-30-32-35-38-41-44-47-50-53-56-64-57-59(66-61(63)55-52-49-46-43-40-37-33-27-24-21-18-15-12-9-6-3)58-65-60(62)54-51-48-45-42-39-36-34-31-29-26-23-20-17-14-11-8-5-2/h7-8,10-11,16-21,25-29,32-36,41,44,59H,4-6,9,12-15,22-24,30-31,37-40,42-43,45-58H2,1-3H3/b10-7-,11-8-,19-16-,20-17-,21-18-,28-25-,29-26-,33-27-,35-32-,36-34-,44-41-. The van der Waals surface area contributed by atoms with Crippen LogP contribution in [0, 0.1) is 0 Å². The molecule has 0 aliphatic heterocycles. The summed E-state index contributed by atoms with van der Waals surface area (Å²) < 4.78 is 17.4. The van der Waals surface area contributed by atoms with Crippen LogP contribution < -0.4 is 0 Å². The van der Waals surface area contributed by atoms with Crippen molar-refractivity contribution in [3.05, 3.63) is 134 Å². The molecule has 0 amide bonds. The summed E-state index contributed by atoms with van der Waals surface area (Å²) in [4.78, 5) is 25.4. The number of ether oxygens (including phenoxy) is 3. The molecule has 5 nitrogen and oxygen atoms in total. The summed E-state index contributed by atoms with van der Waals surface area (Å²) >= 11 is 0. The van der Waals surface area contributed by atoms with Gasteiger partial charge in [-0.2, -0.15) is 0 Å². The maximum absolute atomic E-state index is 12.8. The first-order chi connectivity index (χ1) is 32.6. The lowest BCUT2D eigenvalue weighted by atomic mass is 10.1. The number of carbonyl (C=O) groups excluding carboxylic acids is 2. The molecule has 0 aromatic carbocycles. The van der Waals surface area contributed by atoms with Gasteiger partial charge in [-0.15, -0.1) is 0 Å². The van der Waals surface area contributed by atoms with Crippen molar-refractivity contribution in [2.45, 2.75) is 219 Å². The van der Waals surface area contributed by atoms with Crippen molar-refractivity contribution in [2.24, 2.45) is 0 Å². The van der Waals surface area contributed by atoms with E-state index in [4.69, 9.17) is 14.2 Å². The molecular weight excluding hydrogens is 813 g/mol. The lowest BCUT2D eigenvalue weighted by Gasteiger charge is -2.18. The molecule has 0 saturated heterocycles. The van der Waals surface area contributed by atoms with E-state index < -0.39 is 6.10 Å². The summed E-state index contributed by atoms with van der Waals surface area (Å²) in [6, 6.07) is 0. The molecule has 0 heterocycles. The topological polar surface area (TPSA) is 61.8 Å². The monoisotopic (exact) mass is 911 g/mol. The van der Waals surface area contributed by atoms with E-state index in [9.17, 15) is 9.59 Å². The number of carbonyl (C=O) groups is 2. The quantitative estimate of drug-likeness (QED) is 0.0346. The van der Waals surface area contributed by atoms with Crippen LogP contribution in [-0.4, -0.2) is 37.9 Å². The van der Waals surface area contributed by atoms with Gasteiger partial charge in [0.15, 0.2) is 6.10 Å². The Hall–Kier alpha value is -3.96. The first-order valence-corrected chi connectivity index (χ1v) is 26.7. The van der Waals surface area contributed by atoms with E-state index in [1.165, 1.54) is 38.5 Å². The summed E-state index contributed by atoms with van der Waals surface area (Å²) in [6.07, 6.45) is 78.9. The van der Waals surface area contributed by atoms with Gasteiger partial charge in [-0.25, -0.2) is 0 Å². The molecule has 0 rings (SSSR count). The van der Waals surface area contributed by atoms with Gasteiger partial charge in [0.25, 0.3) is 0 Å². The average molecular weight is 911 g/mol. The van der Waals surface area contributed by atoms with Crippen LogP contribution in [0.3, 0.4) is 0 Å². The SMILES string of the molecule is CC/C=C\C/C=C\C/C=C\C/C=C\C/C=C\CCCCOCC(COC(=O)CCCCCC/C=C\C/C=C\C/C=C\C/C=C\CC)OC(=O)CCCCCCC/C=C\C/C=C\CCCCC. The van der Waals surface area contributed by atoms with Crippen molar-refractivity contribution < 1.29 is 23.8 Å². The summed E-state index contributed by atoms with van der Waals surface area (Å²) in [5.41, 5.74) is 0. The Labute approximate surface area is 407 Å². The Morgan fingerprint density at radius 2 is 0.682 bits per heavy atom. The van der Waals surface area contributed by atoms with Crippen molar-refractivity contribution >= 4 is 11.9 Å². The maximum Gasteiger partial charge on any atom is 0.306 e. The zero-order valence-electron chi connectivity index (χ0n) is 42.7. The molecule has 1 atom stereocenters. The van der Waals surface area contributed by atoms with Crippen molar-refractivity contribution in [1.82, 2.24) is 0 Å². The predicted molar refractivity (Wildman–Crippen MR) is 288 cm³/mol. The number of hydrogen-bond donors (Lipinski definition) is 0. The number of hydrogen-bond acceptors (Lipinski definition) is 5. The van der Waals surface area contributed by atoms with Gasteiger partial charge in [0.1, 0.15) is 6.61 Å². The van der Waals surface area contributed by atoms with Gasteiger partial charge < -0.3 is 14.2 Å². The number of rotatable bonds is 47. The highest BCUT2D eigenvalue weighted by Crippen LogP contribution is 2.12. The Morgan fingerprint density at radius 1 is 0.348 bits per heavy atom. The van der Waals surface area contributed by atoms with Crippen LogP contribution in [-0.2, 0) is 23.8 Å². The molecule has 372 valence electrons. The molecule has 5 heteroatoms. The molecule has 0 saturated carbocycles. The van der Waals surface area contributed by atoms with Gasteiger partial charge >= 0.3 is 11.9 Å². The summed E-state index contributed by atoms with van der Waals surface area (Å²) in [5, 5.41) is 0. The summed E-state index contributed by atoms with van der Waals surface area (Å²) in [6.45, 7) is 7.41. The largest absolute Gasteiger partial charge is 0.462 e. The minimum absolute atomic E-state index is 0.0403. The molecule has 0 aliphatic rings. The van der Waals surface area contributed by atoms with E-state index in [0.717, 1.165) is 141 Å². The minimum atomic E-state index is -0.587. The van der Waals surface area contributed by atoms with E-state index in [0.29, 0.717) is 19.4 Å². The van der Waals surface area contributed by atoms with Crippen molar-refractivity contribution in [1.29, 1.82) is 0 Å². The Balaban J connectivity index is 4.46. The molecule has 0 spiro atoms. The third-order valence-corrected chi connectivity index (χ3v) is 10.7. The van der Waals surface area contributed by atoms with Crippen LogP contribution in [0.5, 0.6) is 0 Å². The first-order valence-electron chi connectivity index (χ1n) is 26.7. The van der Waals surface area contributed by atoms with Crippen LogP contribution >= 0.6 is 0 Å². The predicted octanol–water partition coefficient (Wildman–Crippen LogP) is 18.3. The molecule has 0 aliphatic carbocycles. The smallest absolute Gasteiger partial charge is 0.306 e. The lowest BCUT2D eigenvalue weighted by Crippen LogP contribution is -2.30. The average Bonchev–Trinajstić information content (AvgIpc) is 3.32. The van der Waals surface area contributed by atoms with Crippen LogP contribution in [0.4, 0.5) is 0 Å². The van der Waals surface area contributed by atoms with Gasteiger partial charge in [0, 0.05) is 19.4 Å². The van der Waals surface area contributed by atoms with E-state index in [2.05, 4.69) is 154 Å². The normalized spacial score (nSPS) is 13.3. The molecular formula is C61H98O5. The van der Waals surface area contributed by atoms with Crippen LogP contribution in [0.25, 0.3) is 0 Å². The van der Waals surface area contributed by atoms with Gasteiger partial charge in [-0.05, 0) is 135 Å². The zero-order valence-corrected chi connectivity index (χ0v) is 42.7. The Bertz CT molecular complexity index is 1400. The number of allylic oxidation sites excluding steroid dienone is 22. The van der Waals surface area contributed by atoms with E-state index in [1.54, 1.807) is 0 Å². The van der Waals surface area contributed by atoms with Gasteiger partial charge in [-0.3, -0.25) is 9.59 Å². The zero-order chi connectivity index (χ0) is 47.7. The number of esters is 2. The minimum Gasteiger partial charge on any atom is -0.462 e. The van der Waals surface area contributed by atoms with Crippen LogP contribution in [0.1, 0.15) is 213 Å². The van der Waals surface area contributed by atoms with Gasteiger partial charge in [0.05, 0.1) is 6.61 Å². The molecule has 0 aromatic heterocycles. The van der Waals surface area contributed by atoms with E-state index in [-0.39, 0.29) is 25.2 Å². The van der Waals surface area contributed by atoms with Crippen molar-refractivity contribution in [3.8, 4) is 0 Å². The van der Waals surface area contributed by atoms with Crippen molar-refractivity contribution in [2.75, 3.05) is 19.8 Å². The first kappa shape index (κ1) is 62.0. The highest BCUT2D eigenvalue weighted by molar-refractivity contribution is 5.70. The van der Waals surface area contributed by atoms with E-state index >= 15 is 0 Å². The molecule has 1 unspecified atom stereocenters. The van der Waals surface area contributed by atoms with Gasteiger partial charge in [-0.1, -0.05) is 199 Å². The van der Waals surface area contributed by atoms with Crippen LogP contribution in [0.2, 0.25) is 0 Å². The number of unbranched alkanes of at least 4 members (excludes halogenated alkanes) is 14. The molecule has 0 bridgehead atoms. The van der Waals surface area contributed by atoms with E-state index in [1.807, 2.05) is 0 Å². The third-order valence-electron chi connectivity index (χ3n) is 10.7. The Kier molecular flexibility index (Phi) is 52.0. The second kappa shape index (κ2) is 55.4. The molecule has 0 fully saturated rings. The fraction of sp³-hybridized carbons (Fsp3) is 0.607. The highest BCUT2D eigenvalue weighted by atomic mass is 16.6. The fourth-order valence-electron chi connectivity index (χ4n) is 6.73. The molecule has 0 N–H and O–H groups in total. The third kappa shape index (κ3) is 52.7. The molecule has 0 radical (unpaired) electrons. The Morgan fingerprint density at radius 3 is 1.09 bits per heavy atom. The maximum atomic E-state index is 12.8. The van der Waals surface area contributed by atoms with Crippen LogP contribution in [0.15, 0.2) is 134 Å². The highest BCUT2D eigenvalue weighted by Gasteiger charge is 2.17. The van der Waals surface area contributed by atoms with Gasteiger partial charge in [0.2, 0.25) is 0 Å². The van der Waals surface area contributed by atoms with Crippen molar-refractivity contribution in [3.63, 3.8) is 0 Å².